The molecule has 1 aliphatic carbocycles. The van der Waals surface area contributed by atoms with Gasteiger partial charge in [0.25, 0.3) is 0 Å². The number of hydrogen-bond donors (Lipinski definition) is 1. The van der Waals surface area contributed by atoms with E-state index in [9.17, 15) is 4.79 Å². The molecule has 1 saturated carbocycles. The van der Waals surface area contributed by atoms with Gasteiger partial charge in [-0.1, -0.05) is 0 Å². The Bertz CT molecular complexity index is 766. The number of hydrogen-bond acceptors (Lipinski definition) is 4. The minimum atomic E-state index is -0.159. The van der Waals surface area contributed by atoms with E-state index in [1.807, 2.05) is 24.7 Å². The van der Waals surface area contributed by atoms with Gasteiger partial charge >= 0.3 is 0 Å². The Kier molecular flexibility index (Phi) is 4.47. The summed E-state index contributed by atoms with van der Waals surface area (Å²) in [7, 11) is 1.91. The lowest BCUT2D eigenvalue weighted by molar-refractivity contribution is 0.0981. The Hall–Kier alpha value is -1.75. The van der Waals surface area contributed by atoms with Crippen LogP contribution in [0, 0.1) is 6.92 Å². The number of ketones is 1. The van der Waals surface area contributed by atoms with E-state index in [0.29, 0.717) is 12.3 Å². The molecule has 0 aliphatic heterocycles. The first-order chi connectivity index (χ1) is 11.3. The monoisotopic (exact) mass is 328 g/mol. The van der Waals surface area contributed by atoms with E-state index in [0.717, 1.165) is 41.0 Å². The summed E-state index contributed by atoms with van der Waals surface area (Å²) in [5, 5.41) is 8.75. The maximum absolute atomic E-state index is 12.8. The predicted molar refractivity (Wildman–Crippen MR) is 96.7 cm³/mol. The highest BCUT2D eigenvalue weighted by molar-refractivity contribution is 6.07. The molecular weight excluding hydrogens is 300 g/mol. The number of aromatic nitrogens is 3. The van der Waals surface area contributed by atoms with Crippen LogP contribution in [-0.4, -0.2) is 34.1 Å². The zero-order valence-corrected chi connectivity index (χ0v) is 15.4. The van der Waals surface area contributed by atoms with Gasteiger partial charge in [-0.15, -0.1) is 0 Å². The van der Waals surface area contributed by atoms with E-state index >= 15 is 0 Å². The summed E-state index contributed by atoms with van der Waals surface area (Å²) in [4.78, 5) is 17.7. The molecule has 2 heterocycles. The molecule has 0 spiro atoms. The van der Waals surface area contributed by atoms with E-state index in [-0.39, 0.29) is 11.3 Å². The van der Waals surface area contributed by atoms with E-state index in [1.165, 1.54) is 12.8 Å². The molecule has 1 fully saturated rings. The highest BCUT2D eigenvalue weighted by Gasteiger charge is 2.30. The van der Waals surface area contributed by atoms with Crippen molar-refractivity contribution in [3.05, 3.63) is 23.0 Å². The quantitative estimate of drug-likeness (QED) is 0.651. The number of aryl methyl sites for hydroxylation is 1. The number of Topliss-reactive ketones (excluding diaryl/α,β-unsaturated/α-hetero) is 1. The Labute approximate surface area is 143 Å². The van der Waals surface area contributed by atoms with Gasteiger partial charge in [0, 0.05) is 23.6 Å². The largest absolute Gasteiger partial charge is 0.320 e. The minimum absolute atomic E-state index is 0.159. The zero-order chi connectivity index (χ0) is 17.5. The number of nitrogens with one attached hydrogen (secondary N) is 1. The van der Waals surface area contributed by atoms with Crippen molar-refractivity contribution in [1.29, 1.82) is 0 Å². The molecule has 2 aromatic heterocycles. The smallest absolute Gasteiger partial charge is 0.163 e. The Morgan fingerprint density at radius 3 is 2.67 bits per heavy atom. The number of fused-ring (bicyclic) bond motifs is 1. The van der Waals surface area contributed by atoms with Crippen molar-refractivity contribution in [3.8, 4) is 0 Å². The molecule has 130 valence electrons. The maximum Gasteiger partial charge on any atom is 0.163 e. The average molecular weight is 328 g/mol. The molecule has 2 aromatic rings. The van der Waals surface area contributed by atoms with Gasteiger partial charge in [-0.25, -0.2) is 9.67 Å². The minimum Gasteiger partial charge on any atom is -0.320 e. The summed E-state index contributed by atoms with van der Waals surface area (Å²) in [6.45, 7) is 9.21. The van der Waals surface area contributed by atoms with Crippen LogP contribution >= 0.6 is 0 Å². The van der Waals surface area contributed by atoms with Gasteiger partial charge in [-0.2, -0.15) is 5.10 Å². The number of pyridine rings is 1. The Morgan fingerprint density at radius 1 is 1.38 bits per heavy atom. The number of nitrogens with zero attached hydrogens (tertiary/aromatic N) is 3. The van der Waals surface area contributed by atoms with Crippen LogP contribution in [0.1, 0.15) is 74.1 Å². The third-order valence-corrected chi connectivity index (χ3v) is 4.59. The first-order valence-corrected chi connectivity index (χ1v) is 8.91. The lowest BCUT2D eigenvalue weighted by atomic mass is 10.0. The zero-order valence-electron chi connectivity index (χ0n) is 15.4. The highest BCUT2D eigenvalue weighted by Crippen LogP contribution is 2.41. The average Bonchev–Trinajstić information content (AvgIpc) is 3.30. The van der Waals surface area contributed by atoms with Gasteiger partial charge in [0.15, 0.2) is 11.4 Å². The van der Waals surface area contributed by atoms with Crippen molar-refractivity contribution < 1.29 is 4.79 Å². The molecular formula is C19H28N4O. The molecule has 24 heavy (non-hydrogen) atoms. The molecule has 0 amide bonds. The van der Waals surface area contributed by atoms with Crippen LogP contribution in [0.4, 0.5) is 0 Å². The summed E-state index contributed by atoms with van der Waals surface area (Å²) in [6, 6.07) is 2.03. The second kappa shape index (κ2) is 6.28. The second-order valence-electron chi connectivity index (χ2n) is 7.87. The summed E-state index contributed by atoms with van der Waals surface area (Å²) in [5.74, 6) is 0.720. The fraction of sp³-hybridized carbons (Fsp3) is 0.632. The van der Waals surface area contributed by atoms with Gasteiger partial charge in [0.05, 0.1) is 16.6 Å². The van der Waals surface area contributed by atoms with Crippen LogP contribution in [0.3, 0.4) is 0 Å². The third-order valence-electron chi connectivity index (χ3n) is 4.59. The van der Waals surface area contributed by atoms with Gasteiger partial charge in [0.2, 0.25) is 0 Å². The van der Waals surface area contributed by atoms with Gasteiger partial charge in [-0.05, 0) is 66.6 Å². The molecule has 0 unspecified atom stereocenters. The molecule has 1 N–H and O–H groups in total. The second-order valence-corrected chi connectivity index (χ2v) is 7.87. The lowest BCUT2D eigenvalue weighted by Gasteiger charge is -2.20. The van der Waals surface area contributed by atoms with Crippen LogP contribution in [0.25, 0.3) is 11.0 Å². The fourth-order valence-corrected chi connectivity index (χ4v) is 3.14. The van der Waals surface area contributed by atoms with Gasteiger partial charge < -0.3 is 5.32 Å². The molecule has 5 heteroatoms. The van der Waals surface area contributed by atoms with Crippen molar-refractivity contribution in [2.45, 2.75) is 64.8 Å². The Morgan fingerprint density at radius 2 is 2.08 bits per heavy atom. The van der Waals surface area contributed by atoms with E-state index in [4.69, 9.17) is 10.1 Å². The maximum atomic E-state index is 12.8. The summed E-state index contributed by atoms with van der Waals surface area (Å²) in [6.07, 6.45) is 3.76. The first kappa shape index (κ1) is 17.1. The van der Waals surface area contributed by atoms with E-state index in [1.54, 1.807) is 0 Å². The molecule has 0 radical (unpaired) electrons. The van der Waals surface area contributed by atoms with Crippen LogP contribution in [-0.2, 0) is 5.54 Å². The molecule has 0 saturated heterocycles. The lowest BCUT2D eigenvalue weighted by Crippen LogP contribution is -2.23. The molecule has 3 rings (SSSR count). The Balaban J connectivity index is 2.12. The summed E-state index contributed by atoms with van der Waals surface area (Å²) >= 11 is 0. The van der Waals surface area contributed by atoms with Crippen molar-refractivity contribution >= 4 is 16.8 Å². The predicted octanol–water partition coefficient (Wildman–Crippen LogP) is 3.55. The molecule has 0 atom stereocenters. The van der Waals surface area contributed by atoms with Crippen molar-refractivity contribution in [2.75, 3.05) is 13.6 Å². The highest BCUT2D eigenvalue weighted by atomic mass is 16.1. The van der Waals surface area contributed by atoms with Crippen molar-refractivity contribution in [2.24, 2.45) is 0 Å². The molecule has 5 nitrogen and oxygen atoms in total. The SMILES string of the molecule is CNCCCC(=O)c1cc(C2CC2)nc2c1c(C)nn2C(C)(C)C. The number of carbonyl (C=O) groups excluding carboxylic acids is 1. The number of carbonyl (C=O) groups is 1. The van der Waals surface area contributed by atoms with Crippen LogP contribution < -0.4 is 5.32 Å². The summed E-state index contributed by atoms with van der Waals surface area (Å²) < 4.78 is 1.98. The van der Waals surface area contributed by atoms with Gasteiger partial charge in [0.1, 0.15) is 0 Å². The number of rotatable bonds is 6. The summed E-state index contributed by atoms with van der Waals surface area (Å²) in [5.41, 5.74) is 3.47. The third kappa shape index (κ3) is 3.22. The molecule has 0 bridgehead atoms. The molecule has 0 aromatic carbocycles. The first-order valence-electron chi connectivity index (χ1n) is 8.91. The fourth-order valence-electron chi connectivity index (χ4n) is 3.14. The van der Waals surface area contributed by atoms with E-state index < -0.39 is 0 Å². The van der Waals surface area contributed by atoms with Crippen LogP contribution in [0.2, 0.25) is 0 Å². The van der Waals surface area contributed by atoms with Crippen molar-refractivity contribution in [3.63, 3.8) is 0 Å². The standard InChI is InChI=1S/C19H28N4O/c1-12-17-14(16(24)7-6-10-20-5)11-15(13-8-9-13)21-18(17)23(22-12)19(2,3)4/h11,13,20H,6-10H2,1-5H3. The van der Waals surface area contributed by atoms with Crippen LogP contribution in [0.15, 0.2) is 6.07 Å². The normalized spacial score (nSPS) is 15.2. The topological polar surface area (TPSA) is 59.8 Å². The van der Waals surface area contributed by atoms with E-state index in [2.05, 4.69) is 26.1 Å². The van der Waals surface area contributed by atoms with Crippen LogP contribution in [0.5, 0.6) is 0 Å². The van der Waals surface area contributed by atoms with Crippen molar-refractivity contribution in [1.82, 2.24) is 20.1 Å². The van der Waals surface area contributed by atoms with Gasteiger partial charge in [-0.3, -0.25) is 4.79 Å². The molecule has 1 aliphatic rings.